The van der Waals surface area contributed by atoms with Crippen molar-refractivity contribution in [1.82, 2.24) is 10.6 Å². The van der Waals surface area contributed by atoms with Gasteiger partial charge in [0.15, 0.2) is 0 Å². The number of likely N-dealkylation sites (N-methyl/N-ethyl adjacent to an activating group) is 1. The van der Waals surface area contributed by atoms with E-state index in [1.807, 2.05) is 20.8 Å². The lowest BCUT2D eigenvalue weighted by Gasteiger charge is -2.12. The normalized spacial score (nSPS) is 12.2. The highest BCUT2D eigenvalue weighted by molar-refractivity contribution is 5.81. The van der Waals surface area contributed by atoms with Crippen molar-refractivity contribution in [3.05, 3.63) is 12.2 Å². The van der Waals surface area contributed by atoms with Gasteiger partial charge in [0.25, 0.3) is 0 Å². The monoisotopic (exact) mass is 170 g/mol. The highest BCUT2D eigenvalue weighted by atomic mass is 16.2. The lowest BCUT2D eigenvalue weighted by Crippen LogP contribution is -2.42. The van der Waals surface area contributed by atoms with Crippen LogP contribution in [0.15, 0.2) is 12.2 Å². The molecule has 0 rings (SSSR count). The van der Waals surface area contributed by atoms with Crippen molar-refractivity contribution in [3.8, 4) is 0 Å². The van der Waals surface area contributed by atoms with E-state index in [9.17, 15) is 4.79 Å². The molecule has 12 heavy (non-hydrogen) atoms. The second kappa shape index (κ2) is 5.77. The van der Waals surface area contributed by atoms with Gasteiger partial charge >= 0.3 is 0 Å². The summed E-state index contributed by atoms with van der Waals surface area (Å²) in [6.07, 6.45) is 0. The van der Waals surface area contributed by atoms with Crippen molar-refractivity contribution < 1.29 is 4.79 Å². The maximum Gasteiger partial charge on any atom is 0.236 e. The third kappa shape index (κ3) is 4.91. The predicted octanol–water partition coefficient (Wildman–Crippen LogP) is 0.677. The molecule has 3 heteroatoms. The van der Waals surface area contributed by atoms with Gasteiger partial charge in [-0.1, -0.05) is 12.2 Å². The quantitative estimate of drug-likeness (QED) is 0.596. The van der Waals surface area contributed by atoms with Gasteiger partial charge in [-0.05, 0) is 20.8 Å². The van der Waals surface area contributed by atoms with Crippen LogP contribution in [-0.4, -0.2) is 25.0 Å². The molecule has 0 spiro atoms. The van der Waals surface area contributed by atoms with Crippen molar-refractivity contribution in [1.29, 1.82) is 0 Å². The molecule has 0 aliphatic carbocycles. The second-order valence-corrected chi connectivity index (χ2v) is 2.95. The van der Waals surface area contributed by atoms with Crippen LogP contribution in [0.2, 0.25) is 0 Å². The summed E-state index contributed by atoms with van der Waals surface area (Å²) in [5, 5.41) is 5.79. The maximum absolute atomic E-state index is 11.2. The minimum Gasteiger partial charge on any atom is -0.355 e. The van der Waals surface area contributed by atoms with Gasteiger partial charge in [0.05, 0.1) is 6.04 Å². The van der Waals surface area contributed by atoms with E-state index in [-0.39, 0.29) is 11.9 Å². The van der Waals surface area contributed by atoms with Gasteiger partial charge < -0.3 is 10.6 Å². The molecule has 3 nitrogen and oxygen atoms in total. The van der Waals surface area contributed by atoms with Gasteiger partial charge in [-0.25, -0.2) is 0 Å². The number of carbonyl (C=O) groups is 1. The summed E-state index contributed by atoms with van der Waals surface area (Å²) in [5.74, 6) is 0.0405. The van der Waals surface area contributed by atoms with Gasteiger partial charge in [0.2, 0.25) is 5.91 Å². The Morgan fingerprint density at radius 1 is 1.58 bits per heavy atom. The van der Waals surface area contributed by atoms with E-state index in [1.165, 1.54) is 0 Å². The molecule has 0 radical (unpaired) electrons. The Balaban J connectivity index is 3.63. The Morgan fingerprint density at radius 3 is 2.58 bits per heavy atom. The van der Waals surface area contributed by atoms with E-state index >= 15 is 0 Å². The zero-order valence-electron chi connectivity index (χ0n) is 8.11. The fraction of sp³-hybridized carbons (Fsp3) is 0.667. The SMILES string of the molecule is C=C(C)CNC(C)C(=O)NCC. The Hall–Kier alpha value is -0.830. The largest absolute Gasteiger partial charge is 0.355 e. The number of hydrogen-bond acceptors (Lipinski definition) is 2. The first kappa shape index (κ1) is 11.2. The smallest absolute Gasteiger partial charge is 0.236 e. The molecule has 70 valence electrons. The number of rotatable bonds is 5. The number of carbonyl (C=O) groups excluding carboxylic acids is 1. The fourth-order valence-corrected chi connectivity index (χ4v) is 0.747. The molecule has 0 aromatic heterocycles. The summed E-state index contributed by atoms with van der Waals surface area (Å²) >= 11 is 0. The molecule has 0 fully saturated rings. The first-order valence-corrected chi connectivity index (χ1v) is 4.23. The van der Waals surface area contributed by atoms with E-state index in [0.717, 1.165) is 5.57 Å². The van der Waals surface area contributed by atoms with Crippen LogP contribution in [0.4, 0.5) is 0 Å². The standard InChI is InChI=1S/C9H18N2O/c1-5-10-9(12)8(4)11-6-7(2)3/h8,11H,2,5-6H2,1,3-4H3,(H,10,12). The molecule has 0 aliphatic heterocycles. The molecule has 1 amide bonds. The average molecular weight is 170 g/mol. The first-order valence-electron chi connectivity index (χ1n) is 4.23. The van der Waals surface area contributed by atoms with Gasteiger partial charge in [-0.15, -0.1) is 0 Å². The molecule has 0 saturated carbocycles. The van der Waals surface area contributed by atoms with Crippen LogP contribution in [0.1, 0.15) is 20.8 Å². The van der Waals surface area contributed by atoms with E-state index in [0.29, 0.717) is 13.1 Å². The lowest BCUT2D eigenvalue weighted by molar-refractivity contribution is -0.122. The fourth-order valence-electron chi connectivity index (χ4n) is 0.747. The molecule has 0 heterocycles. The minimum atomic E-state index is -0.137. The molecule has 0 aliphatic rings. The number of amides is 1. The van der Waals surface area contributed by atoms with E-state index in [2.05, 4.69) is 17.2 Å². The van der Waals surface area contributed by atoms with Crippen molar-refractivity contribution in [2.45, 2.75) is 26.8 Å². The number of nitrogens with one attached hydrogen (secondary N) is 2. The maximum atomic E-state index is 11.2. The van der Waals surface area contributed by atoms with E-state index < -0.39 is 0 Å². The number of hydrogen-bond donors (Lipinski definition) is 2. The van der Waals surface area contributed by atoms with Crippen molar-refractivity contribution in [2.24, 2.45) is 0 Å². The van der Waals surface area contributed by atoms with Gasteiger partial charge in [0, 0.05) is 13.1 Å². The average Bonchev–Trinajstić information content (AvgIpc) is 2.00. The molecule has 0 aromatic rings. The summed E-state index contributed by atoms with van der Waals surface area (Å²) in [5.41, 5.74) is 1.03. The van der Waals surface area contributed by atoms with E-state index in [1.54, 1.807) is 0 Å². The zero-order chi connectivity index (χ0) is 9.56. The highest BCUT2D eigenvalue weighted by Crippen LogP contribution is 1.86. The van der Waals surface area contributed by atoms with Crippen molar-refractivity contribution >= 4 is 5.91 Å². The Morgan fingerprint density at radius 2 is 2.17 bits per heavy atom. The summed E-state index contributed by atoms with van der Waals surface area (Å²) in [4.78, 5) is 11.2. The molecule has 2 N–H and O–H groups in total. The van der Waals surface area contributed by atoms with Crippen LogP contribution >= 0.6 is 0 Å². The molecule has 0 saturated heterocycles. The summed E-state index contributed by atoms with van der Waals surface area (Å²) in [6.45, 7) is 10.8. The van der Waals surface area contributed by atoms with Crippen LogP contribution in [-0.2, 0) is 4.79 Å². The van der Waals surface area contributed by atoms with Gasteiger partial charge in [0.1, 0.15) is 0 Å². The highest BCUT2D eigenvalue weighted by Gasteiger charge is 2.09. The third-order valence-corrected chi connectivity index (χ3v) is 1.45. The molecular formula is C9H18N2O. The molecule has 1 unspecified atom stereocenters. The minimum absolute atomic E-state index is 0.0405. The zero-order valence-corrected chi connectivity index (χ0v) is 8.11. The first-order chi connectivity index (χ1) is 5.57. The Labute approximate surface area is 74.2 Å². The van der Waals surface area contributed by atoms with Crippen LogP contribution in [0.3, 0.4) is 0 Å². The van der Waals surface area contributed by atoms with Crippen LogP contribution in [0.5, 0.6) is 0 Å². The van der Waals surface area contributed by atoms with Gasteiger partial charge in [-0.3, -0.25) is 4.79 Å². The topological polar surface area (TPSA) is 41.1 Å². The summed E-state index contributed by atoms with van der Waals surface area (Å²) < 4.78 is 0. The third-order valence-electron chi connectivity index (χ3n) is 1.45. The Kier molecular flexibility index (Phi) is 5.37. The van der Waals surface area contributed by atoms with Crippen LogP contribution < -0.4 is 10.6 Å². The summed E-state index contributed by atoms with van der Waals surface area (Å²) in [7, 11) is 0. The molecule has 0 bridgehead atoms. The Bertz CT molecular complexity index is 166. The lowest BCUT2D eigenvalue weighted by atomic mass is 10.2. The van der Waals surface area contributed by atoms with Crippen molar-refractivity contribution in [2.75, 3.05) is 13.1 Å². The van der Waals surface area contributed by atoms with Crippen LogP contribution in [0, 0.1) is 0 Å². The molecule has 0 aromatic carbocycles. The molecule has 1 atom stereocenters. The predicted molar refractivity (Wildman–Crippen MR) is 51.0 cm³/mol. The van der Waals surface area contributed by atoms with Crippen LogP contribution in [0.25, 0.3) is 0 Å². The van der Waals surface area contributed by atoms with Crippen molar-refractivity contribution in [3.63, 3.8) is 0 Å². The van der Waals surface area contributed by atoms with Gasteiger partial charge in [-0.2, -0.15) is 0 Å². The summed E-state index contributed by atoms with van der Waals surface area (Å²) in [6, 6.07) is -0.137. The molecular weight excluding hydrogens is 152 g/mol. The second-order valence-electron chi connectivity index (χ2n) is 2.95. The van der Waals surface area contributed by atoms with E-state index in [4.69, 9.17) is 0 Å².